The number of piperazine rings is 1. The van der Waals surface area contributed by atoms with Gasteiger partial charge >= 0.3 is 0 Å². The predicted octanol–water partition coefficient (Wildman–Crippen LogP) is 2.45. The van der Waals surface area contributed by atoms with Crippen LogP contribution in [0, 0.1) is 0 Å². The second-order valence-electron chi connectivity index (χ2n) is 7.27. The van der Waals surface area contributed by atoms with Gasteiger partial charge in [-0.1, -0.05) is 30.0 Å². The third-order valence-electron chi connectivity index (χ3n) is 5.31. The summed E-state index contributed by atoms with van der Waals surface area (Å²) in [5, 5.41) is 4.20. The normalized spacial score (nSPS) is 15.0. The zero-order valence-corrected chi connectivity index (χ0v) is 19.5. The molecule has 1 aliphatic heterocycles. The number of hydrogen-bond donors (Lipinski definition) is 0. The SMILES string of the molecule is COc1ccc(Sc2c(N3CCN(S(=O)(=O)c4ccccc4)CC3)cnn(C)c2=O)cc1. The van der Waals surface area contributed by atoms with Crippen molar-refractivity contribution < 1.29 is 13.2 Å². The molecule has 2 aromatic carbocycles. The Bertz CT molecular complexity index is 1240. The first kappa shape index (κ1) is 22.4. The molecule has 0 unspecified atom stereocenters. The number of rotatable bonds is 6. The van der Waals surface area contributed by atoms with Gasteiger partial charge in [-0.2, -0.15) is 9.40 Å². The first-order valence-electron chi connectivity index (χ1n) is 10.1. The number of aryl methyl sites for hydroxylation is 1. The minimum Gasteiger partial charge on any atom is -0.497 e. The topological polar surface area (TPSA) is 84.7 Å². The van der Waals surface area contributed by atoms with Gasteiger partial charge in [0.05, 0.1) is 23.9 Å². The summed E-state index contributed by atoms with van der Waals surface area (Å²) in [6.45, 7) is 1.60. The zero-order chi connectivity index (χ0) is 22.7. The van der Waals surface area contributed by atoms with Crippen molar-refractivity contribution in [3.63, 3.8) is 0 Å². The summed E-state index contributed by atoms with van der Waals surface area (Å²) in [6.07, 6.45) is 1.68. The summed E-state index contributed by atoms with van der Waals surface area (Å²) in [5.41, 5.74) is 0.522. The number of nitrogens with zero attached hydrogens (tertiary/aromatic N) is 4. The standard InChI is InChI=1S/C22H24N4O4S2/c1-24-22(27)21(31-18-10-8-17(30-2)9-11-18)20(16-23-24)25-12-14-26(15-13-25)32(28,29)19-6-4-3-5-7-19/h3-11,16H,12-15H2,1-2H3. The average Bonchev–Trinajstić information content (AvgIpc) is 2.83. The Morgan fingerprint density at radius 1 is 0.969 bits per heavy atom. The molecule has 4 rings (SSSR count). The van der Waals surface area contributed by atoms with Crippen LogP contribution in [0.4, 0.5) is 5.69 Å². The first-order chi connectivity index (χ1) is 15.4. The number of methoxy groups -OCH3 is 1. The van der Waals surface area contributed by atoms with Crippen molar-refractivity contribution in [2.24, 2.45) is 7.05 Å². The highest BCUT2D eigenvalue weighted by Gasteiger charge is 2.30. The zero-order valence-electron chi connectivity index (χ0n) is 17.8. The van der Waals surface area contributed by atoms with Crippen LogP contribution in [-0.2, 0) is 17.1 Å². The maximum atomic E-state index is 12.9. The Morgan fingerprint density at radius 3 is 2.25 bits per heavy atom. The summed E-state index contributed by atoms with van der Waals surface area (Å²) in [4.78, 5) is 16.7. The third kappa shape index (κ3) is 4.52. The van der Waals surface area contributed by atoms with Crippen LogP contribution < -0.4 is 15.2 Å². The number of benzene rings is 2. The van der Waals surface area contributed by atoms with Gasteiger partial charge in [0.25, 0.3) is 5.56 Å². The third-order valence-corrected chi connectivity index (χ3v) is 8.32. The molecule has 0 atom stereocenters. The molecule has 10 heteroatoms. The molecule has 1 aliphatic rings. The lowest BCUT2D eigenvalue weighted by Gasteiger charge is -2.35. The average molecular weight is 473 g/mol. The van der Waals surface area contributed by atoms with Gasteiger partial charge in [0.2, 0.25) is 10.0 Å². The molecule has 1 fully saturated rings. The van der Waals surface area contributed by atoms with Crippen LogP contribution in [0.3, 0.4) is 0 Å². The molecule has 168 valence electrons. The fraction of sp³-hybridized carbons (Fsp3) is 0.273. The molecule has 0 N–H and O–H groups in total. The fourth-order valence-electron chi connectivity index (χ4n) is 3.50. The highest BCUT2D eigenvalue weighted by Crippen LogP contribution is 2.34. The van der Waals surface area contributed by atoms with Crippen LogP contribution in [0.2, 0.25) is 0 Å². The van der Waals surface area contributed by atoms with Gasteiger partial charge in [-0.25, -0.2) is 13.1 Å². The largest absolute Gasteiger partial charge is 0.497 e. The maximum Gasteiger partial charge on any atom is 0.282 e. The second kappa shape index (κ2) is 9.35. The summed E-state index contributed by atoms with van der Waals surface area (Å²) in [5.74, 6) is 0.743. The van der Waals surface area contributed by atoms with E-state index in [1.165, 1.54) is 20.7 Å². The summed E-state index contributed by atoms with van der Waals surface area (Å²) in [7, 11) is -0.312. The molecule has 0 amide bonds. The van der Waals surface area contributed by atoms with Gasteiger partial charge in [0.1, 0.15) is 10.6 Å². The molecular weight excluding hydrogens is 448 g/mol. The van der Waals surface area contributed by atoms with Crippen LogP contribution in [0.25, 0.3) is 0 Å². The van der Waals surface area contributed by atoms with E-state index in [-0.39, 0.29) is 5.56 Å². The molecule has 0 aliphatic carbocycles. The van der Waals surface area contributed by atoms with Crippen molar-refractivity contribution in [2.45, 2.75) is 14.7 Å². The Hall–Kier alpha value is -2.82. The smallest absolute Gasteiger partial charge is 0.282 e. The molecule has 8 nitrogen and oxygen atoms in total. The number of anilines is 1. The number of sulfonamides is 1. The van der Waals surface area contributed by atoms with E-state index in [1.807, 2.05) is 29.2 Å². The van der Waals surface area contributed by atoms with E-state index in [2.05, 4.69) is 5.10 Å². The highest BCUT2D eigenvalue weighted by molar-refractivity contribution is 7.99. The minimum absolute atomic E-state index is 0.192. The molecular formula is C22H24N4O4S2. The Labute approximate surface area is 191 Å². The van der Waals surface area contributed by atoms with E-state index in [0.29, 0.717) is 41.7 Å². The van der Waals surface area contributed by atoms with Crippen molar-refractivity contribution in [1.29, 1.82) is 0 Å². The van der Waals surface area contributed by atoms with Crippen molar-refractivity contribution in [2.75, 3.05) is 38.2 Å². The first-order valence-corrected chi connectivity index (χ1v) is 12.3. The van der Waals surface area contributed by atoms with E-state index in [9.17, 15) is 13.2 Å². The van der Waals surface area contributed by atoms with Gasteiger partial charge < -0.3 is 9.64 Å². The Balaban J connectivity index is 1.56. The summed E-state index contributed by atoms with van der Waals surface area (Å²) in [6, 6.07) is 15.9. The van der Waals surface area contributed by atoms with Crippen molar-refractivity contribution in [1.82, 2.24) is 14.1 Å². The fourth-order valence-corrected chi connectivity index (χ4v) is 5.96. The Kier molecular flexibility index (Phi) is 6.54. The van der Waals surface area contributed by atoms with Gasteiger partial charge in [-0.3, -0.25) is 4.79 Å². The van der Waals surface area contributed by atoms with E-state index < -0.39 is 10.0 Å². The van der Waals surface area contributed by atoms with E-state index in [1.54, 1.807) is 50.7 Å². The maximum absolute atomic E-state index is 12.9. The molecule has 3 aromatic rings. The number of aromatic nitrogens is 2. The molecule has 1 aromatic heterocycles. The van der Waals surface area contributed by atoms with Crippen molar-refractivity contribution in [3.8, 4) is 5.75 Å². The van der Waals surface area contributed by atoms with Gasteiger partial charge in [-0.15, -0.1) is 0 Å². The predicted molar refractivity (Wildman–Crippen MR) is 124 cm³/mol. The van der Waals surface area contributed by atoms with Crippen molar-refractivity contribution >= 4 is 27.5 Å². The van der Waals surface area contributed by atoms with Gasteiger partial charge in [-0.05, 0) is 36.4 Å². The number of ether oxygens (including phenoxy) is 1. The van der Waals surface area contributed by atoms with Crippen LogP contribution in [0.5, 0.6) is 5.75 Å². The second-order valence-corrected chi connectivity index (χ2v) is 10.3. The van der Waals surface area contributed by atoms with Gasteiger partial charge in [0, 0.05) is 38.1 Å². The lowest BCUT2D eigenvalue weighted by molar-refractivity contribution is 0.383. The van der Waals surface area contributed by atoms with Crippen LogP contribution in [0.1, 0.15) is 0 Å². The molecule has 0 spiro atoms. The Morgan fingerprint density at radius 2 is 1.62 bits per heavy atom. The number of hydrogen-bond acceptors (Lipinski definition) is 7. The van der Waals surface area contributed by atoms with E-state index in [4.69, 9.17) is 4.74 Å². The van der Waals surface area contributed by atoms with E-state index in [0.717, 1.165) is 10.6 Å². The molecule has 0 bridgehead atoms. The summed E-state index contributed by atoms with van der Waals surface area (Å²) >= 11 is 1.37. The highest BCUT2D eigenvalue weighted by atomic mass is 32.2. The quantitative estimate of drug-likeness (QED) is 0.545. The molecule has 0 saturated carbocycles. The molecule has 0 radical (unpaired) electrons. The van der Waals surface area contributed by atoms with Gasteiger partial charge in [0.15, 0.2) is 0 Å². The lowest BCUT2D eigenvalue weighted by atomic mass is 10.3. The molecule has 2 heterocycles. The van der Waals surface area contributed by atoms with Crippen LogP contribution in [-0.4, -0.2) is 55.8 Å². The van der Waals surface area contributed by atoms with Crippen LogP contribution in [0.15, 0.2) is 80.3 Å². The van der Waals surface area contributed by atoms with Crippen molar-refractivity contribution in [3.05, 3.63) is 71.1 Å². The monoisotopic (exact) mass is 472 g/mol. The molecule has 1 saturated heterocycles. The summed E-state index contributed by atoms with van der Waals surface area (Å²) < 4.78 is 33.8. The molecule has 32 heavy (non-hydrogen) atoms. The lowest BCUT2D eigenvalue weighted by Crippen LogP contribution is -2.49. The minimum atomic E-state index is -3.54. The van der Waals surface area contributed by atoms with Crippen LogP contribution >= 0.6 is 11.8 Å². The van der Waals surface area contributed by atoms with E-state index >= 15 is 0 Å².